The summed E-state index contributed by atoms with van der Waals surface area (Å²) in [6.45, 7) is 2.56. The van der Waals surface area contributed by atoms with E-state index in [-0.39, 0.29) is 17.4 Å². The van der Waals surface area contributed by atoms with Crippen LogP contribution in [0.15, 0.2) is 34.9 Å². The average molecular weight is 391 g/mol. The summed E-state index contributed by atoms with van der Waals surface area (Å²) in [5.74, 6) is 0.304. The molecular formula is C16H15BrN4O3. The summed E-state index contributed by atoms with van der Waals surface area (Å²) in [5, 5.41) is 14.2. The number of fused-ring (bicyclic) bond motifs is 1. The van der Waals surface area contributed by atoms with Crippen LogP contribution in [-0.2, 0) is 11.2 Å². The lowest BCUT2D eigenvalue weighted by Gasteiger charge is -2.28. The van der Waals surface area contributed by atoms with Crippen LogP contribution in [0.5, 0.6) is 0 Å². The van der Waals surface area contributed by atoms with Gasteiger partial charge in [-0.05, 0) is 53.0 Å². The highest BCUT2D eigenvalue weighted by molar-refractivity contribution is 9.10. The lowest BCUT2D eigenvalue weighted by molar-refractivity contribution is -0.384. The first kappa shape index (κ1) is 16.4. The number of pyridine rings is 1. The summed E-state index contributed by atoms with van der Waals surface area (Å²) >= 11 is 3.19. The van der Waals surface area contributed by atoms with Crippen molar-refractivity contribution in [1.82, 2.24) is 4.98 Å². The maximum Gasteiger partial charge on any atom is 0.312 e. The van der Waals surface area contributed by atoms with E-state index in [1.807, 2.05) is 19.1 Å². The Morgan fingerprint density at radius 3 is 2.88 bits per heavy atom. The van der Waals surface area contributed by atoms with Crippen LogP contribution < -0.4 is 10.2 Å². The monoisotopic (exact) mass is 390 g/mol. The molecule has 1 N–H and O–H groups in total. The highest BCUT2D eigenvalue weighted by Gasteiger charge is 2.23. The van der Waals surface area contributed by atoms with Crippen LogP contribution in [0.3, 0.4) is 0 Å². The number of hydrogen-bond donors (Lipinski definition) is 1. The third-order valence-corrected chi connectivity index (χ3v) is 4.32. The average Bonchev–Trinajstić information content (AvgIpc) is 2.56. The van der Waals surface area contributed by atoms with Gasteiger partial charge in [0.2, 0.25) is 11.7 Å². The van der Waals surface area contributed by atoms with Crippen LogP contribution in [0.4, 0.5) is 22.9 Å². The van der Waals surface area contributed by atoms with Crippen molar-refractivity contribution in [2.75, 3.05) is 16.8 Å². The van der Waals surface area contributed by atoms with E-state index in [1.54, 1.807) is 11.0 Å². The molecule has 2 heterocycles. The number of anilines is 3. The van der Waals surface area contributed by atoms with Gasteiger partial charge in [0.25, 0.3) is 0 Å². The Morgan fingerprint density at radius 2 is 2.17 bits per heavy atom. The fourth-order valence-corrected chi connectivity index (χ4v) is 3.10. The van der Waals surface area contributed by atoms with Crippen molar-refractivity contribution in [3.63, 3.8) is 0 Å². The van der Waals surface area contributed by atoms with Gasteiger partial charge in [-0.1, -0.05) is 0 Å². The van der Waals surface area contributed by atoms with Gasteiger partial charge in [-0.2, -0.15) is 0 Å². The lowest BCUT2D eigenvalue weighted by atomic mass is 10.0. The number of nitro groups is 1. The van der Waals surface area contributed by atoms with E-state index in [2.05, 4.69) is 26.2 Å². The van der Waals surface area contributed by atoms with Gasteiger partial charge < -0.3 is 10.2 Å². The molecule has 0 fully saturated rings. The highest BCUT2D eigenvalue weighted by Crippen LogP contribution is 2.33. The number of amides is 1. The molecule has 1 amide bonds. The van der Waals surface area contributed by atoms with Crippen molar-refractivity contribution >= 4 is 44.7 Å². The van der Waals surface area contributed by atoms with Crippen molar-refractivity contribution in [2.45, 2.75) is 19.8 Å². The van der Waals surface area contributed by atoms with Crippen LogP contribution in [0, 0.1) is 10.1 Å². The molecule has 1 aliphatic heterocycles. The van der Waals surface area contributed by atoms with Gasteiger partial charge in [-0.3, -0.25) is 14.9 Å². The topological polar surface area (TPSA) is 88.4 Å². The van der Waals surface area contributed by atoms with Crippen molar-refractivity contribution in [3.8, 4) is 0 Å². The fraction of sp³-hybridized carbons (Fsp3) is 0.250. The second-order valence-corrected chi connectivity index (χ2v) is 6.30. The highest BCUT2D eigenvalue weighted by atomic mass is 79.9. The van der Waals surface area contributed by atoms with Gasteiger partial charge in [0.1, 0.15) is 0 Å². The fourth-order valence-electron chi connectivity index (χ4n) is 2.79. The number of carbonyl (C=O) groups excluding carboxylic acids is 1. The molecule has 1 aliphatic rings. The smallest absolute Gasteiger partial charge is 0.312 e. The van der Waals surface area contributed by atoms with E-state index in [4.69, 9.17) is 0 Å². The van der Waals surface area contributed by atoms with E-state index >= 15 is 0 Å². The van der Waals surface area contributed by atoms with Crippen molar-refractivity contribution in [3.05, 3.63) is 50.6 Å². The third-order valence-electron chi connectivity index (χ3n) is 3.89. The molecule has 1 aromatic carbocycles. The molecule has 0 unspecified atom stereocenters. The SMILES string of the molecule is CCN1C(=O)CCc2cc(Nc3ncc(Br)cc3[N+](=O)[O-])ccc21. The van der Waals surface area contributed by atoms with Gasteiger partial charge in [-0.25, -0.2) is 4.98 Å². The Labute approximate surface area is 147 Å². The van der Waals surface area contributed by atoms with E-state index in [9.17, 15) is 14.9 Å². The van der Waals surface area contributed by atoms with Gasteiger partial charge in [0.15, 0.2) is 0 Å². The van der Waals surface area contributed by atoms with Crippen molar-refractivity contribution in [2.24, 2.45) is 0 Å². The summed E-state index contributed by atoms with van der Waals surface area (Å²) in [6.07, 6.45) is 2.64. The van der Waals surface area contributed by atoms with Gasteiger partial charge in [0, 0.05) is 41.1 Å². The molecular weight excluding hydrogens is 376 g/mol. The molecule has 0 aliphatic carbocycles. The lowest BCUT2D eigenvalue weighted by Crippen LogP contribution is -2.34. The molecule has 0 saturated carbocycles. The minimum atomic E-state index is -0.476. The molecule has 24 heavy (non-hydrogen) atoms. The van der Waals surface area contributed by atoms with Gasteiger partial charge in [0.05, 0.1) is 4.92 Å². The molecule has 0 radical (unpaired) electrons. The van der Waals surface area contributed by atoms with E-state index in [0.717, 1.165) is 11.3 Å². The zero-order valence-electron chi connectivity index (χ0n) is 13.0. The molecule has 0 atom stereocenters. The minimum absolute atomic E-state index is 0.104. The molecule has 2 aromatic rings. The first-order chi connectivity index (χ1) is 11.5. The molecule has 124 valence electrons. The Balaban J connectivity index is 1.93. The summed E-state index contributed by atoms with van der Waals surface area (Å²) in [6, 6.07) is 6.99. The maximum absolute atomic E-state index is 11.9. The summed E-state index contributed by atoms with van der Waals surface area (Å²) in [7, 11) is 0. The van der Waals surface area contributed by atoms with Crippen LogP contribution in [-0.4, -0.2) is 22.4 Å². The molecule has 0 spiro atoms. The zero-order valence-corrected chi connectivity index (χ0v) is 14.5. The standard InChI is InChI=1S/C16H15BrN4O3/c1-2-20-13-5-4-12(7-10(13)3-6-15(20)22)19-16-14(21(23)24)8-11(17)9-18-16/h4-5,7-9H,2-3,6H2,1H3,(H,18,19). The number of rotatable bonds is 4. The maximum atomic E-state index is 11.9. The largest absolute Gasteiger partial charge is 0.334 e. The van der Waals surface area contributed by atoms with Crippen molar-refractivity contribution in [1.29, 1.82) is 0 Å². The first-order valence-electron chi connectivity index (χ1n) is 7.50. The van der Waals surface area contributed by atoms with Crippen LogP contribution >= 0.6 is 15.9 Å². The Bertz CT molecular complexity index is 825. The van der Waals surface area contributed by atoms with Gasteiger partial charge >= 0.3 is 5.69 Å². The molecule has 3 rings (SSSR count). The second-order valence-electron chi connectivity index (χ2n) is 5.38. The Kier molecular flexibility index (Phi) is 4.48. The van der Waals surface area contributed by atoms with E-state index in [0.29, 0.717) is 29.5 Å². The summed E-state index contributed by atoms with van der Waals surface area (Å²) < 4.78 is 0.544. The normalized spacial score (nSPS) is 13.6. The number of halogens is 1. The zero-order chi connectivity index (χ0) is 17.3. The summed E-state index contributed by atoms with van der Waals surface area (Å²) in [5.41, 5.74) is 2.54. The van der Waals surface area contributed by atoms with Crippen LogP contribution in [0.1, 0.15) is 18.9 Å². The Hall–Kier alpha value is -2.48. The van der Waals surface area contributed by atoms with Crippen LogP contribution in [0.25, 0.3) is 0 Å². The number of aryl methyl sites for hydroxylation is 1. The predicted molar refractivity (Wildman–Crippen MR) is 94.7 cm³/mol. The Morgan fingerprint density at radius 1 is 1.38 bits per heavy atom. The van der Waals surface area contributed by atoms with Crippen molar-refractivity contribution < 1.29 is 9.72 Å². The number of benzene rings is 1. The number of aromatic nitrogens is 1. The molecule has 1 aromatic heterocycles. The number of carbonyl (C=O) groups is 1. The molecule has 8 heteroatoms. The third kappa shape index (κ3) is 3.09. The molecule has 7 nitrogen and oxygen atoms in total. The van der Waals surface area contributed by atoms with Crippen LogP contribution in [0.2, 0.25) is 0 Å². The quantitative estimate of drug-likeness (QED) is 0.633. The van der Waals surface area contributed by atoms with E-state index in [1.165, 1.54) is 12.3 Å². The molecule has 0 saturated heterocycles. The first-order valence-corrected chi connectivity index (χ1v) is 8.29. The predicted octanol–water partition coefficient (Wildman–Crippen LogP) is 3.80. The summed E-state index contributed by atoms with van der Waals surface area (Å²) in [4.78, 5) is 28.5. The number of hydrogen-bond acceptors (Lipinski definition) is 5. The number of nitrogens with one attached hydrogen (secondary N) is 1. The van der Waals surface area contributed by atoms with E-state index < -0.39 is 4.92 Å². The second kappa shape index (κ2) is 6.56. The minimum Gasteiger partial charge on any atom is -0.334 e. The number of nitrogens with zero attached hydrogens (tertiary/aromatic N) is 3. The van der Waals surface area contributed by atoms with Gasteiger partial charge in [-0.15, -0.1) is 0 Å². The molecule has 0 bridgehead atoms.